The van der Waals surface area contributed by atoms with Gasteiger partial charge in [-0.05, 0) is 31.0 Å². The van der Waals surface area contributed by atoms with Crippen molar-refractivity contribution in [1.29, 1.82) is 0 Å². The van der Waals surface area contributed by atoms with Crippen LogP contribution in [0.3, 0.4) is 0 Å². The predicted octanol–water partition coefficient (Wildman–Crippen LogP) is 2.74. The van der Waals surface area contributed by atoms with Crippen LogP contribution in [0.2, 0.25) is 0 Å². The van der Waals surface area contributed by atoms with E-state index in [-0.39, 0.29) is 40.3 Å². The summed E-state index contributed by atoms with van der Waals surface area (Å²) in [5.74, 6) is -2.53. The molecule has 1 aromatic heterocycles. The quantitative estimate of drug-likeness (QED) is 0.482. The molecule has 2 saturated heterocycles. The molecule has 2 aliphatic rings. The van der Waals surface area contributed by atoms with Gasteiger partial charge in [0, 0.05) is 37.3 Å². The number of benzene rings is 1. The second-order valence-electron chi connectivity index (χ2n) is 8.95. The Hall–Kier alpha value is -3.35. The van der Waals surface area contributed by atoms with Gasteiger partial charge in [0.1, 0.15) is 12.2 Å². The normalized spacial score (nSPS) is 20.5. The number of carbonyl (C=O) groups is 1. The van der Waals surface area contributed by atoms with Crippen LogP contribution in [0.15, 0.2) is 34.4 Å². The zero-order chi connectivity index (χ0) is 25.5. The number of piperazine rings is 1. The van der Waals surface area contributed by atoms with E-state index >= 15 is 4.39 Å². The first kappa shape index (κ1) is 24.8. The lowest BCUT2D eigenvalue weighted by Gasteiger charge is -2.41. The number of carbonyl (C=O) groups excluding carboxylic acids is 1. The molecular weight excluding hydrogens is 482 g/mol. The van der Waals surface area contributed by atoms with Gasteiger partial charge in [0.15, 0.2) is 27.2 Å². The number of likely N-dealkylation sites (tertiary alicyclic amines) is 1. The van der Waals surface area contributed by atoms with E-state index in [1.54, 1.807) is 9.80 Å². The summed E-state index contributed by atoms with van der Waals surface area (Å²) in [4.78, 5) is 27.6. The summed E-state index contributed by atoms with van der Waals surface area (Å²) < 4.78 is 58.4. The van der Waals surface area contributed by atoms with E-state index in [1.807, 2.05) is 13.8 Å². The van der Waals surface area contributed by atoms with Crippen molar-refractivity contribution in [3.63, 3.8) is 0 Å². The minimum atomic E-state index is -3.62. The first-order valence-electron chi connectivity index (χ1n) is 11.0. The molecule has 2 unspecified atom stereocenters. The average molecular weight is 509 g/mol. The molecule has 10 nitrogen and oxygen atoms in total. The highest BCUT2D eigenvalue weighted by molar-refractivity contribution is 7.90. The molecule has 2 amide bonds. The fourth-order valence-corrected chi connectivity index (χ4v) is 4.84. The van der Waals surface area contributed by atoms with Gasteiger partial charge in [-0.1, -0.05) is 13.8 Å². The van der Waals surface area contributed by atoms with Gasteiger partial charge in [-0.2, -0.15) is 14.4 Å². The largest absolute Gasteiger partial charge is 0.433 e. The molecule has 0 radical (unpaired) electrons. The van der Waals surface area contributed by atoms with Crippen molar-refractivity contribution in [2.75, 3.05) is 24.2 Å². The van der Waals surface area contributed by atoms with Crippen molar-refractivity contribution in [3.05, 3.63) is 36.2 Å². The number of hydrogen-bond acceptors (Lipinski definition) is 7. The summed E-state index contributed by atoms with van der Waals surface area (Å²) in [6, 6.07) is 2.25. The number of halogens is 2. The number of fused-ring (bicyclic) bond motifs is 2. The maximum absolute atomic E-state index is 15.4. The van der Waals surface area contributed by atoms with E-state index in [4.69, 9.17) is 10.5 Å². The molecule has 35 heavy (non-hydrogen) atoms. The van der Waals surface area contributed by atoms with Crippen LogP contribution >= 0.6 is 0 Å². The van der Waals surface area contributed by atoms with Gasteiger partial charge in [-0.25, -0.2) is 22.6 Å². The standard InChI is InChI=1S/C22H26F2N6O4S/c1-12(2)19(25)28-22(31)29-9-13-4-5-14(10-29)30(13)20-18(24)21(27-11-26-20)34-17-7-6-15(8-16(17)23)35(3,32)33/h6-8,11-14H,4-5,9-10H2,1-3H3,(H2,25,28,31). The number of hydrogen-bond donors (Lipinski definition) is 1. The number of ether oxygens (including phenoxy) is 1. The topological polar surface area (TPSA) is 131 Å². The lowest BCUT2D eigenvalue weighted by Crippen LogP contribution is -2.55. The van der Waals surface area contributed by atoms with Gasteiger partial charge in [-0.3, -0.25) is 0 Å². The lowest BCUT2D eigenvalue weighted by atomic mass is 10.2. The Morgan fingerprint density at radius 2 is 1.86 bits per heavy atom. The molecule has 2 atom stereocenters. The average Bonchev–Trinajstić information content (AvgIpc) is 3.03. The number of aliphatic imine (C=N–C) groups is 1. The van der Waals surface area contributed by atoms with Crippen LogP contribution in [0.4, 0.5) is 19.4 Å². The van der Waals surface area contributed by atoms with Crippen molar-refractivity contribution < 1.29 is 26.7 Å². The fourth-order valence-electron chi connectivity index (χ4n) is 4.21. The second-order valence-corrected chi connectivity index (χ2v) is 11.0. The molecule has 1 aromatic carbocycles. The zero-order valence-corrected chi connectivity index (χ0v) is 20.3. The Labute approximate surface area is 201 Å². The lowest BCUT2D eigenvalue weighted by molar-refractivity contribution is 0.192. The van der Waals surface area contributed by atoms with Gasteiger partial charge in [0.25, 0.3) is 5.88 Å². The van der Waals surface area contributed by atoms with E-state index in [9.17, 15) is 17.6 Å². The molecule has 13 heteroatoms. The Morgan fingerprint density at radius 3 is 2.43 bits per heavy atom. The van der Waals surface area contributed by atoms with Gasteiger partial charge < -0.3 is 20.3 Å². The monoisotopic (exact) mass is 508 g/mol. The Balaban J connectivity index is 1.55. The number of anilines is 1. The Kier molecular flexibility index (Phi) is 6.62. The van der Waals surface area contributed by atoms with Crippen LogP contribution in [0.25, 0.3) is 0 Å². The van der Waals surface area contributed by atoms with Gasteiger partial charge in [0.05, 0.1) is 4.90 Å². The molecule has 2 fully saturated rings. The van der Waals surface area contributed by atoms with Crippen LogP contribution in [0, 0.1) is 17.6 Å². The molecule has 2 bridgehead atoms. The van der Waals surface area contributed by atoms with Gasteiger partial charge in [-0.15, -0.1) is 0 Å². The SMILES string of the molecule is CC(C)C(N)=NC(=O)N1CC2CCC(C1)N2c1ncnc(Oc2ccc(S(C)(=O)=O)cc2F)c1F. The molecule has 2 aromatic rings. The Bertz CT molecular complexity index is 1270. The third-order valence-corrected chi connectivity index (χ3v) is 7.20. The molecule has 0 spiro atoms. The number of nitrogens with two attached hydrogens (primary N) is 1. The first-order valence-corrected chi connectivity index (χ1v) is 12.9. The third kappa shape index (κ3) is 5.04. The minimum Gasteiger partial charge on any atom is -0.433 e. The molecular formula is C22H26F2N6O4S. The van der Waals surface area contributed by atoms with Crippen molar-refractivity contribution in [1.82, 2.24) is 14.9 Å². The Morgan fingerprint density at radius 1 is 1.20 bits per heavy atom. The highest BCUT2D eigenvalue weighted by Crippen LogP contribution is 2.38. The molecule has 4 rings (SSSR count). The highest BCUT2D eigenvalue weighted by Gasteiger charge is 2.43. The van der Waals surface area contributed by atoms with E-state index in [2.05, 4.69) is 15.0 Å². The van der Waals surface area contributed by atoms with Gasteiger partial charge in [0.2, 0.25) is 5.82 Å². The number of amidine groups is 1. The van der Waals surface area contributed by atoms with Crippen molar-refractivity contribution in [2.45, 2.75) is 43.7 Å². The van der Waals surface area contributed by atoms with Crippen LogP contribution in [0.1, 0.15) is 26.7 Å². The van der Waals surface area contributed by atoms with E-state index in [0.29, 0.717) is 13.1 Å². The maximum atomic E-state index is 15.4. The first-order chi connectivity index (χ1) is 16.5. The maximum Gasteiger partial charge on any atom is 0.345 e. The smallest absolute Gasteiger partial charge is 0.345 e. The predicted molar refractivity (Wildman–Crippen MR) is 124 cm³/mol. The van der Waals surface area contributed by atoms with Crippen molar-refractivity contribution >= 4 is 27.5 Å². The minimum absolute atomic E-state index is 0.00652. The molecule has 3 heterocycles. The highest BCUT2D eigenvalue weighted by atomic mass is 32.2. The van der Waals surface area contributed by atoms with Crippen molar-refractivity contribution in [3.8, 4) is 11.6 Å². The van der Waals surface area contributed by atoms with Crippen LogP contribution in [0.5, 0.6) is 11.6 Å². The van der Waals surface area contributed by atoms with E-state index < -0.39 is 33.4 Å². The number of nitrogens with zero attached hydrogens (tertiary/aromatic N) is 5. The number of urea groups is 1. The molecule has 0 saturated carbocycles. The van der Waals surface area contributed by atoms with Crippen LogP contribution < -0.4 is 15.4 Å². The van der Waals surface area contributed by atoms with Crippen LogP contribution in [-0.4, -0.2) is 66.6 Å². The number of rotatable bonds is 5. The van der Waals surface area contributed by atoms with Crippen molar-refractivity contribution in [2.24, 2.45) is 16.6 Å². The van der Waals surface area contributed by atoms with Gasteiger partial charge >= 0.3 is 6.03 Å². The summed E-state index contributed by atoms with van der Waals surface area (Å²) >= 11 is 0. The fraction of sp³-hybridized carbons (Fsp3) is 0.455. The zero-order valence-electron chi connectivity index (χ0n) is 19.5. The summed E-state index contributed by atoms with van der Waals surface area (Å²) in [6.07, 6.45) is 3.51. The second kappa shape index (κ2) is 9.36. The molecule has 2 N–H and O–H groups in total. The summed E-state index contributed by atoms with van der Waals surface area (Å²) in [7, 11) is -3.62. The summed E-state index contributed by atoms with van der Waals surface area (Å²) in [6.45, 7) is 4.34. The van der Waals surface area contributed by atoms with Crippen LogP contribution in [-0.2, 0) is 9.84 Å². The number of aromatic nitrogens is 2. The molecule has 2 aliphatic heterocycles. The molecule has 188 valence electrons. The van der Waals surface area contributed by atoms with E-state index in [0.717, 1.165) is 37.6 Å². The number of amides is 2. The summed E-state index contributed by atoms with van der Waals surface area (Å²) in [5.41, 5.74) is 5.82. The number of sulfone groups is 1. The van der Waals surface area contributed by atoms with E-state index in [1.165, 1.54) is 6.07 Å². The summed E-state index contributed by atoms with van der Waals surface area (Å²) in [5, 5.41) is 0. The third-order valence-electron chi connectivity index (χ3n) is 6.09. The molecule has 0 aliphatic carbocycles.